The van der Waals surface area contributed by atoms with E-state index < -0.39 is 15.1 Å². The zero-order chi connectivity index (χ0) is 23.8. The number of sulfone groups is 1. The number of benzene rings is 2. The third-order valence-electron chi connectivity index (χ3n) is 5.88. The van der Waals surface area contributed by atoms with E-state index >= 15 is 0 Å². The molecule has 0 spiro atoms. The highest BCUT2D eigenvalue weighted by Crippen LogP contribution is 2.24. The van der Waals surface area contributed by atoms with Crippen molar-refractivity contribution in [3.05, 3.63) is 77.1 Å². The third kappa shape index (κ3) is 4.39. The van der Waals surface area contributed by atoms with Gasteiger partial charge in [0.1, 0.15) is 5.52 Å². The SMILES string of the molecule is Cc1cccc(CNC(=O)c2c[nH]c3ncc(-c4ccc(S(=O)(=O)C(C)C)cc4)nc23)c1C. The predicted octanol–water partition coefficient (Wildman–Crippen LogP) is 4.35. The lowest BCUT2D eigenvalue weighted by Gasteiger charge is -2.10. The van der Waals surface area contributed by atoms with E-state index in [4.69, 9.17) is 0 Å². The number of carbonyl (C=O) groups is 1. The first-order valence-electron chi connectivity index (χ1n) is 10.7. The van der Waals surface area contributed by atoms with Crippen LogP contribution in [0.25, 0.3) is 22.4 Å². The summed E-state index contributed by atoms with van der Waals surface area (Å²) in [7, 11) is -3.35. The van der Waals surface area contributed by atoms with Crippen LogP contribution in [-0.4, -0.2) is 34.5 Å². The van der Waals surface area contributed by atoms with Crippen molar-refractivity contribution >= 4 is 26.9 Å². The fourth-order valence-corrected chi connectivity index (χ4v) is 4.62. The lowest BCUT2D eigenvalue weighted by Crippen LogP contribution is -2.23. The fourth-order valence-electron chi connectivity index (χ4n) is 3.57. The molecule has 8 heteroatoms. The number of aromatic amines is 1. The Labute approximate surface area is 193 Å². The van der Waals surface area contributed by atoms with Crippen LogP contribution in [0.2, 0.25) is 0 Å². The van der Waals surface area contributed by atoms with Crippen LogP contribution in [0.1, 0.15) is 40.9 Å². The summed E-state index contributed by atoms with van der Waals surface area (Å²) in [5.41, 5.74) is 6.04. The molecule has 0 bridgehead atoms. The van der Waals surface area contributed by atoms with E-state index in [0.29, 0.717) is 29.0 Å². The number of aryl methyl sites for hydroxylation is 1. The topological polar surface area (TPSA) is 105 Å². The van der Waals surface area contributed by atoms with E-state index in [-0.39, 0.29) is 10.8 Å². The summed E-state index contributed by atoms with van der Waals surface area (Å²) >= 11 is 0. The van der Waals surface area contributed by atoms with Gasteiger partial charge in [0, 0.05) is 18.3 Å². The van der Waals surface area contributed by atoms with E-state index in [0.717, 1.165) is 16.7 Å². The summed E-state index contributed by atoms with van der Waals surface area (Å²) in [6, 6.07) is 12.6. The highest BCUT2D eigenvalue weighted by Gasteiger charge is 2.19. The number of hydrogen-bond donors (Lipinski definition) is 2. The molecule has 2 aromatic heterocycles. The average molecular weight is 463 g/mol. The second kappa shape index (κ2) is 8.78. The Hall–Kier alpha value is -3.52. The third-order valence-corrected chi connectivity index (χ3v) is 8.05. The minimum Gasteiger partial charge on any atom is -0.348 e. The Morgan fingerprint density at radius 3 is 2.52 bits per heavy atom. The number of H-pyrrole nitrogens is 1. The van der Waals surface area contributed by atoms with E-state index in [9.17, 15) is 13.2 Å². The van der Waals surface area contributed by atoms with Crippen LogP contribution in [0, 0.1) is 13.8 Å². The second-order valence-electron chi connectivity index (χ2n) is 8.31. The number of carbonyl (C=O) groups excluding carboxylic acids is 1. The van der Waals surface area contributed by atoms with Crippen molar-refractivity contribution in [2.45, 2.75) is 44.4 Å². The largest absolute Gasteiger partial charge is 0.348 e. The molecule has 0 aliphatic heterocycles. The summed E-state index contributed by atoms with van der Waals surface area (Å²) in [6.07, 6.45) is 3.20. The molecule has 2 heterocycles. The quantitative estimate of drug-likeness (QED) is 0.443. The van der Waals surface area contributed by atoms with Gasteiger partial charge < -0.3 is 10.3 Å². The van der Waals surface area contributed by atoms with E-state index in [1.807, 2.05) is 32.0 Å². The Kier molecular flexibility index (Phi) is 6.03. The smallest absolute Gasteiger partial charge is 0.255 e. The van der Waals surface area contributed by atoms with Crippen molar-refractivity contribution in [2.75, 3.05) is 0 Å². The average Bonchev–Trinajstić information content (AvgIpc) is 3.23. The molecular formula is C25H26N4O3S. The van der Waals surface area contributed by atoms with Gasteiger partial charge in [0.15, 0.2) is 15.5 Å². The number of aromatic nitrogens is 3. The molecule has 4 aromatic rings. The Balaban J connectivity index is 1.60. The van der Waals surface area contributed by atoms with Gasteiger partial charge in [0.2, 0.25) is 0 Å². The van der Waals surface area contributed by atoms with E-state index in [1.165, 1.54) is 5.56 Å². The van der Waals surface area contributed by atoms with Gasteiger partial charge in [-0.2, -0.15) is 0 Å². The van der Waals surface area contributed by atoms with Gasteiger partial charge in [-0.15, -0.1) is 0 Å². The number of nitrogens with one attached hydrogen (secondary N) is 2. The van der Waals surface area contributed by atoms with Crippen LogP contribution in [0.15, 0.2) is 59.8 Å². The molecule has 33 heavy (non-hydrogen) atoms. The molecule has 7 nitrogen and oxygen atoms in total. The number of nitrogens with zero attached hydrogens (tertiary/aromatic N) is 2. The molecule has 170 valence electrons. The monoisotopic (exact) mass is 462 g/mol. The predicted molar refractivity (Wildman–Crippen MR) is 129 cm³/mol. The standard InChI is InChI=1S/C25H26N4O3S/c1-15(2)33(31,32)20-10-8-18(9-11-20)22-14-27-24-23(29-22)21(13-26-24)25(30)28-12-19-7-5-6-16(3)17(19)4/h5-11,13-15H,12H2,1-4H3,(H,26,27)(H,28,30). The molecule has 0 fully saturated rings. The number of amides is 1. The lowest BCUT2D eigenvalue weighted by molar-refractivity contribution is 0.0952. The molecule has 0 atom stereocenters. The number of rotatable bonds is 6. The van der Waals surface area contributed by atoms with E-state index in [2.05, 4.69) is 20.3 Å². The van der Waals surface area contributed by atoms with Crippen LogP contribution in [0.3, 0.4) is 0 Å². The molecule has 0 radical (unpaired) electrons. The zero-order valence-corrected chi connectivity index (χ0v) is 19.8. The Morgan fingerprint density at radius 1 is 1.09 bits per heavy atom. The highest BCUT2D eigenvalue weighted by atomic mass is 32.2. The molecule has 0 aliphatic rings. The maximum Gasteiger partial charge on any atom is 0.255 e. The second-order valence-corrected chi connectivity index (χ2v) is 10.8. The van der Waals surface area contributed by atoms with Crippen molar-refractivity contribution in [3.63, 3.8) is 0 Å². The molecular weight excluding hydrogens is 436 g/mol. The summed E-state index contributed by atoms with van der Waals surface area (Å²) in [4.78, 5) is 25.2. The molecule has 2 N–H and O–H groups in total. The number of hydrogen-bond acceptors (Lipinski definition) is 5. The summed E-state index contributed by atoms with van der Waals surface area (Å²) in [5, 5.41) is 2.47. The Morgan fingerprint density at radius 2 is 1.82 bits per heavy atom. The van der Waals surface area contributed by atoms with Crippen molar-refractivity contribution in [1.29, 1.82) is 0 Å². The van der Waals surface area contributed by atoms with Crippen LogP contribution < -0.4 is 5.32 Å². The summed E-state index contributed by atoms with van der Waals surface area (Å²) in [6.45, 7) is 7.81. The van der Waals surface area contributed by atoms with Gasteiger partial charge in [-0.25, -0.2) is 18.4 Å². The first kappa shape index (κ1) is 22.7. The minimum atomic E-state index is -3.35. The maximum atomic E-state index is 12.9. The maximum absolute atomic E-state index is 12.9. The van der Waals surface area contributed by atoms with Crippen LogP contribution in [0.5, 0.6) is 0 Å². The van der Waals surface area contributed by atoms with Gasteiger partial charge in [-0.3, -0.25) is 4.79 Å². The van der Waals surface area contributed by atoms with Crippen LogP contribution >= 0.6 is 0 Å². The van der Waals surface area contributed by atoms with Gasteiger partial charge in [0.05, 0.1) is 27.6 Å². The Bertz CT molecular complexity index is 1440. The molecule has 1 amide bonds. The highest BCUT2D eigenvalue weighted by molar-refractivity contribution is 7.92. The molecule has 0 saturated carbocycles. The van der Waals surface area contributed by atoms with Gasteiger partial charge >= 0.3 is 0 Å². The molecule has 0 aliphatic carbocycles. The van der Waals surface area contributed by atoms with Gasteiger partial charge in [-0.05, 0) is 56.5 Å². The zero-order valence-electron chi connectivity index (χ0n) is 19.0. The van der Waals surface area contributed by atoms with Gasteiger partial charge in [0.25, 0.3) is 5.91 Å². The number of fused-ring (bicyclic) bond motifs is 1. The lowest BCUT2D eigenvalue weighted by atomic mass is 10.0. The summed E-state index contributed by atoms with van der Waals surface area (Å²) in [5.74, 6) is -0.244. The summed E-state index contributed by atoms with van der Waals surface area (Å²) < 4.78 is 24.7. The van der Waals surface area contributed by atoms with Crippen molar-refractivity contribution < 1.29 is 13.2 Å². The van der Waals surface area contributed by atoms with Crippen LogP contribution in [-0.2, 0) is 16.4 Å². The molecule has 0 unspecified atom stereocenters. The van der Waals surface area contributed by atoms with Gasteiger partial charge in [-0.1, -0.05) is 30.3 Å². The van der Waals surface area contributed by atoms with E-state index in [1.54, 1.807) is 50.5 Å². The first-order valence-corrected chi connectivity index (χ1v) is 12.2. The van der Waals surface area contributed by atoms with Crippen LogP contribution in [0.4, 0.5) is 0 Å². The molecule has 2 aromatic carbocycles. The van der Waals surface area contributed by atoms with Crippen molar-refractivity contribution in [3.8, 4) is 11.3 Å². The first-order chi connectivity index (χ1) is 15.7. The fraction of sp³-hybridized carbons (Fsp3) is 0.240. The van der Waals surface area contributed by atoms with Crippen molar-refractivity contribution in [1.82, 2.24) is 20.3 Å². The molecule has 4 rings (SSSR count). The molecule has 0 saturated heterocycles. The van der Waals surface area contributed by atoms with Crippen molar-refractivity contribution in [2.24, 2.45) is 0 Å². The normalized spacial score (nSPS) is 11.8. The minimum absolute atomic E-state index is 0.244.